The lowest BCUT2D eigenvalue weighted by Crippen LogP contribution is -2.47. The van der Waals surface area contributed by atoms with Crippen LogP contribution in [0.1, 0.15) is 19.4 Å². The molecule has 18 heavy (non-hydrogen) atoms. The van der Waals surface area contributed by atoms with Gasteiger partial charge in [-0.2, -0.15) is 17.0 Å². The summed E-state index contributed by atoms with van der Waals surface area (Å²) in [4.78, 5) is 0. The zero-order valence-electron chi connectivity index (χ0n) is 11.0. The largest absolute Gasteiger partial charge is 0.293 e. The van der Waals surface area contributed by atoms with Gasteiger partial charge in [-0.3, -0.25) is 5.32 Å². The minimum absolute atomic E-state index is 0.259. The van der Waals surface area contributed by atoms with Crippen LogP contribution in [0.15, 0.2) is 43.0 Å². The summed E-state index contributed by atoms with van der Waals surface area (Å²) in [6.07, 6.45) is 1.87. The van der Waals surface area contributed by atoms with Gasteiger partial charge in [0.2, 0.25) is 0 Å². The second-order valence-corrected chi connectivity index (χ2v) is 5.52. The average Bonchev–Trinajstić information content (AvgIpc) is 2.38. The lowest BCUT2D eigenvalue weighted by molar-refractivity contribution is 0.425. The molecular weight excluding hydrogens is 240 g/mol. The molecule has 0 saturated carbocycles. The summed E-state index contributed by atoms with van der Waals surface area (Å²) >= 11 is 1.72. The van der Waals surface area contributed by atoms with Gasteiger partial charge in [0, 0.05) is 17.5 Å². The van der Waals surface area contributed by atoms with E-state index < -0.39 is 5.54 Å². The van der Waals surface area contributed by atoms with Crippen LogP contribution in [-0.2, 0) is 5.54 Å². The van der Waals surface area contributed by atoms with E-state index in [0.717, 1.165) is 17.1 Å². The van der Waals surface area contributed by atoms with Gasteiger partial charge < -0.3 is 0 Å². The zero-order valence-corrected chi connectivity index (χ0v) is 11.8. The van der Waals surface area contributed by atoms with Crippen molar-refractivity contribution in [2.45, 2.75) is 25.4 Å². The summed E-state index contributed by atoms with van der Waals surface area (Å²) in [5.41, 5.74) is 0.404. The fourth-order valence-corrected chi connectivity index (χ4v) is 2.75. The molecule has 0 aromatic heterocycles. The van der Waals surface area contributed by atoms with Crippen LogP contribution in [0.3, 0.4) is 0 Å². The summed E-state index contributed by atoms with van der Waals surface area (Å²) in [5, 5.41) is 13.0. The van der Waals surface area contributed by atoms with Crippen molar-refractivity contribution < 1.29 is 0 Å². The predicted octanol–water partition coefficient (Wildman–Crippen LogP) is 3.32. The second-order valence-electron chi connectivity index (χ2n) is 4.49. The molecule has 1 aromatic rings. The first-order chi connectivity index (χ1) is 8.64. The van der Waals surface area contributed by atoms with Crippen LogP contribution in [-0.4, -0.2) is 17.5 Å². The second kappa shape index (κ2) is 7.25. The lowest BCUT2D eigenvalue weighted by atomic mass is 9.92. The highest BCUT2D eigenvalue weighted by Gasteiger charge is 2.32. The molecule has 96 valence electrons. The van der Waals surface area contributed by atoms with Gasteiger partial charge in [0.1, 0.15) is 5.54 Å². The van der Waals surface area contributed by atoms with E-state index in [9.17, 15) is 5.26 Å². The molecule has 1 aromatic carbocycles. The molecular formula is C15H20N2S. The van der Waals surface area contributed by atoms with Crippen molar-refractivity contribution in [3.8, 4) is 6.07 Å². The van der Waals surface area contributed by atoms with Crippen molar-refractivity contribution in [2.75, 3.05) is 11.5 Å². The Bertz CT molecular complexity index is 408. The molecule has 0 aliphatic carbocycles. The molecule has 0 spiro atoms. The van der Waals surface area contributed by atoms with E-state index in [1.807, 2.05) is 36.4 Å². The smallest absolute Gasteiger partial charge is 0.141 e. The van der Waals surface area contributed by atoms with Crippen LogP contribution in [0.4, 0.5) is 0 Å². The third-order valence-electron chi connectivity index (χ3n) is 2.55. The van der Waals surface area contributed by atoms with Gasteiger partial charge in [-0.25, -0.2) is 0 Å². The van der Waals surface area contributed by atoms with Crippen LogP contribution < -0.4 is 5.32 Å². The Labute approximate surface area is 114 Å². The third kappa shape index (κ3) is 3.90. The maximum atomic E-state index is 9.63. The number of hydrogen-bond acceptors (Lipinski definition) is 3. The number of hydrogen-bond donors (Lipinski definition) is 1. The summed E-state index contributed by atoms with van der Waals surface area (Å²) in [6.45, 7) is 7.84. The van der Waals surface area contributed by atoms with Gasteiger partial charge in [0.05, 0.1) is 6.07 Å². The van der Waals surface area contributed by atoms with Crippen LogP contribution in [0, 0.1) is 11.3 Å². The van der Waals surface area contributed by atoms with Crippen LogP contribution in [0.5, 0.6) is 0 Å². The molecule has 0 bridgehead atoms. The number of nitriles is 1. The topological polar surface area (TPSA) is 35.8 Å². The molecule has 0 heterocycles. The van der Waals surface area contributed by atoms with E-state index in [1.54, 1.807) is 11.8 Å². The fourth-order valence-electron chi connectivity index (χ4n) is 1.85. The molecule has 0 radical (unpaired) electrons. The molecule has 0 amide bonds. The molecule has 3 heteroatoms. The van der Waals surface area contributed by atoms with E-state index in [0.29, 0.717) is 0 Å². The standard InChI is InChI=1S/C15H20N2S/c1-4-10-18-12-15(11-16,17-13(2)3)14-8-6-5-7-9-14/h4-9,13,17H,1,10,12H2,2-3H3. The van der Waals surface area contributed by atoms with Crippen molar-refractivity contribution >= 4 is 11.8 Å². The average molecular weight is 260 g/mol. The molecule has 0 aliphatic heterocycles. The quantitative estimate of drug-likeness (QED) is 0.603. The number of nitrogens with one attached hydrogen (secondary N) is 1. The Morgan fingerprint density at radius 3 is 2.61 bits per heavy atom. The van der Waals surface area contributed by atoms with Gasteiger partial charge in [-0.1, -0.05) is 36.4 Å². The molecule has 2 nitrogen and oxygen atoms in total. The first kappa shape index (κ1) is 14.8. The van der Waals surface area contributed by atoms with E-state index in [-0.39, 0.29) is 6.04 Å². The molecule has 0 saturated heterocycles. The Balaban J connectivity index is 2.99. The van der Waals surface area contributed by atoms with E-state index in [4.69, 9.17) is 0 Å². The molecule has 0 aliphatic rings. The lowest BCUT2D eigenvalue weighted by Gasteiger charge is -2.30. The Morgan fingerprint density at radius 2 is 2.11 bits per heavy atom. The van der Waals surface area contributed by atoms with Crippen LogP contribution in [0.2, 0.25) is 0 Å². The first-order valence-corrected chi connectivity index (χ1v) is 7.23. The maximum Gasteiger partial charge on any atom is 0.141 e. The van der Waals surface area contributed by atoms with Gasteiger partial charge in [0.25, 0.3) is 0 Å². The van der Waals surface area contributed by atoms with Crippen LogP contribution >= 0.6 is 11.8 Å². The van der Waals surface area contributed by atoms with Gasteiger partial charge in [-0.05, 0) is 19.4 Å². The number of thioether (sulfide) groups is 1. The summed E-state index contributed by atoms with van der Waals surface area (Å²) in [7, 11) is 0. The van der Waals surface area contributed by atoms with E-state index in [2.05, 4.69) is 31.8 Å². The van der Waals surface area contributed by atoms with Gasteiger partial charge in [-0.15, -0.1) is 6.58 Å². The Morgan fingerprint density at radius 1 is 1.44 bits per heavy atom. The highest BCUT2D eigenvalue weighted by molar-refractivity contribution is 7.99. The first-order valence-electron chi connectivity index (χ1n) is 6.08. The molecule has 1 atom stereocenters. The normalized spacial score (nSPS) is 13.9. The summed E-state index contributed by atoms with van der Waals surface area (Å²) in [5.74, 6) is 1.58. The summed E-state index contributed by atoms with van der Waals surface area (Å²) < 4.78 is 0. The van der Waals surface area contributed by atoms with Crippen molar-refractivity contribution in [1.82, 2.24) is 5.32 Å². The van der Waals surface area contributed by atoms with Crippen molar-refractivity contribution in [1.29, 1.82) is 5.26 Å². The fraction of sp³-hybridized carbons (Fsp3) is 0.400. The highest BCUT2D eigenvalue weighted by atomic mass is 32.2. The van der Waals surface area contributed by atoms with Crippen molar-refractivity contribution in [3.63, 3.8) is 0 Å². The Kier molecular flexibility index (Phi) is 5.97. The number of rotatable bonds is 7. The van der Waals surface area contributed by atoms with Crippen molar-refractivity contribution in [2.24, 2.45) is 0 Å². The molecule has 1 rings (SSSR count). The van der Waals surface area contributed by atoms with Gasteiger partial charge >= 0.3 is 0 Å². The number of nitrogens with zero attached hydrogens (tertiary/aromatic N) is 1. The van der Waals surface area contributed by atoms with Gasteiger partial charge in [0.15, 0.2) is 0 Å². The summed E-state index contributed by atoms with van der Waals surface area (Å²) in [6, 6.07) is 12.6. The third-order valence-corrected chi connectivity index (χ3v) is 3.66. The minimum atomic E-state index is -0.622. The van der Waals surface area contributed by atoms with Crippen molar-refractivity contribution in [3.05, 3.63) is 48.6 Å². The molecule has 1 unspecified atom stereocenters. The SMILES string of the molecule is C=CCSCC(C#N)(NC(C)C)c1ccccc1. The highest BCUT2D eigenvalue weighted by Crippen LogP contribution is 2.26. The monoisotopic (exact) mass is 260 g/mol. The Hall–Kier alpha value is -1.24. The zero-order chi connectivity index (χ0) is 13.4. The van der Waals surface area contributed by atoms with E-state index in [1.165, 1.54) is 0 Å². The van der Waals surface area contributed by atoms with Crippen LogP contribution in [0.25, 0.3) is 0 Å². The molecule has 1 N–H and O–H groups in total. The molecule has 0 fully saturated rings. The maximum absolute atomic E-state index is 9.63. The minimum Gasteiger partial charge on any atom is -0.293 e. The predicted molar refractivity (Wildman–Crippen MR) is 79.5 cm³/mol. The number of benzene rings is 1. The van der Waals surface area contributed by atoms with E-state index >= 15 is 0 Å².